The minimum atomic E-state index is -1.12. The Morgan fingerprint density at radius 1 is 0.314 bits per heavy atom. The van der Waals surface area contributed by atoms with Gasteiger partial charge in [0.1, 0.15) is 34.6 Å². The Bertz CT molecular complexity index is 4430. The highest BCUT2D eigenvalue weighted by molar-refractivity contribution is 5.93. The summed E-state index contributed by atoms with van der Waals surface area (Å²) in [6, 6.07) is 91.9. The SMILES string of the molecule is C=Cc1ccc(Oc2ccc(C3(c4ccccc4F)c4ccccc4-c4ccc(N(c5ccc6c(c5)C(C)(C)c5ccccc5-6)c5ccc6c(c5)C(c5ccc(Oc7ccc(C=C)cc7)cc5)(c5ccccc5F)c5ccccc5-6)cc43)cc2)cc1. The lowest BCUT2D eigenvalue weighted by Gasteiger charge is -2.36. The lowest BCUT2D eigenvalue weighted by molar-refractivity contribution is 0.482. The molecule has 3 aliphatic rings. The topological polar surface area (TPSA) is 21.7 Å². The van der Waals surface area contributed by atoms with Crippen LogP contribution in [0.3, 0.4) is 0 Å². The zero-order valence-corrected chi connectivity index (χ0v) is 47.6. The predicted molar refractivity (Wildman–Crippen MR) is 346 cm³/mol. The molecule has 412 valence electrons. The van der Waals surface area contributed by atoms with Crippen molar-refractivity contribution in [2.45, 2.75) is 30.1 Å². The maximum Gasteiger partial charge on any atom is 0.127 e. The highest BCUT2D eigenvalue weighted by Gasteiger charge is 2.50. The quantitative estimate of drug-likeness (QED) is 0.115. The fourth-order valence-electron chi connectivity index (χ4n) is 14.3. The maximum atomic E-state index is 17.4. The fourth-order valence-corrected chi connectivity index (χ4v) is 14.3. The van der Waals surface area contributed by atoms with Crippen molar-refractivity contribution >= 4 is 29.2 Å². The lowest BCUT2D eigenvalue weighted by atomic mass is 9.67. The third kappa shape index (κ3) is 7.99. The van der Waals surface area contributed by atoms with Crippen LogP contribution in [-0.2, 0) is 16.2 Å². The molecule has 0 saturated heterocycles. The number of nitrogens with zero attached hydrogens (tertiary/aromatic N) is 1. The molecule has 0 aromatic heterocycles. The van der Waals surface area contributed by atoms with Crippen molar-refractivity contribution in [1.82, 2.24) is 0 Å². The Morgan fingerprint density at radius 2 is 0.616 bits per heavy atom. The molecule has 0 heterocycles. The van der Waals surface area contributed by atoms with Crippen molar-refractivity contribution in [1.29, 1.82) is 0 Å². The molecule has 0 bridgehead atoms. The largest absolute Gasteiger partial charge is 0.457 e. The smallest absolute Gasteiger partial charge is 0.127 e. The number of halogens is 2. The first-order valence-electron chi connectivity index (χ1n) is 29.1. The Kier molecular flexibility index (Phi) is 12.3. The van der Waals surface area contributed by atoms with Gasteiger partial charge in [-0.2, -0.15) is 0 Å². The average Bonchev–Trinajstić information content (AvgIpc) is 1.61. The van der Waals surface area contributed by atoms with E-state index >= 15 is 8.78 Å². The van der Waals surface area contributed by atoms with Gasteiger partial charge in [-0.15, -0.1) is 0 Å². The molecule has 5 heteroatoms. The molecule has 15 rings (SSSR count). The monoisotopic (exact) mass is 1110 g/mol. The molecular formula is C81H57F2NO2. The van der Waals surface area contributed by atoms with E-state index in [0.29, 0.717) is 34.1 Å². The second-order valence-corrected chi connectivity index (χ2v) is 23.0. The van der Waals surface area contributed by atoms with E-state index in [9.17, 15) is 0 Å². The van der Waals surface area contributed by atoms with Crippen LogP contribution in [0.2, 0.25) is 0 Å². The summed E-state index contributed by atoms with van der Waals surface area (Å²) in [7, 11) is 0. The van der Waals surface area contributed by atoms with Gasteiger partial charge in [0.2, 0.25) is 0 Å². The molecule has 0 amide bonds. The minimum absolute atomic E-state index is 0.315. The minimum Gasteiger partial charge on any atom is -0.457 e. The van der Waals surface area contributed by atoms with Crippen LogP contribution in [0.5, 0.6) is 23.0 Å². The predicted octanol–water partition coefficient (Wildman–Crippen LogP) is 21.3. The first kappa shape index (κ1) is 52.2. The molecule has 0 fully saturated rings. The van der Waals surface area contributed by atoms with Crippen LogP contribution < -0.4 is 14.4 Å². The molecule has 0 aliphatic heterocycles. The Balaban J connectivity index is 0.957. The second-order valence-electron chi connectivity index (χ2n) is 23.0. The van der Waals surface area contributed by atoms with Crippen molar-refractivity contribution in [2.75, 3.05) is 4.90 Å². The number of hydrogen-bond donors (Lipinski definition) is 0. The molecule has 3 aliphatic carbocycles. The first-order chi connectivity index (χ1) is 42.1. The molecule has 86 heavy (non-hydrogen) atoms. The summed E-state index contributed by atoms with van der Waals surface area (Å²) >= 11 is 0. The first-order valence-corrected chi connectivity index (χ1v) is 29.1. The third-order valence-electron chi connectivity index (χ3n) is 18.2. The molecular weight excluding hydrogens is 1060 g/mol. The van der Waals surface area contributed by atoms with Gasteiger partial charge in [0.05, 0.1) is 10.8 Å². The van der Waals surface area contributed by atoms with Crippen molar-refractivity contribution in [3.8, 4) is 56.4 Å². The number of anilines is 3. The van der Waals surface area contributed by atoms with Gasteiger partial charge in [-0.25, -0.2) is 8.78 Å². The van der Waals surface area contributed by atoms with Gasteiger partial charge in [0, 0.05) is 33.6 Å². The molecule has 3 nitrogen and oxygen atoms in total. The van der Waals surface area contributed by atoms with Gasteiger partial charge in [-0.05, 0) is 186 Å². The number of hydrogen-bond acceptors (Lipinski definition) is 3. The normalized spacial score (nSPS) is 16.2. The number of ether oxygens (including phenoxy) is 2. The lowest BCUT2D eigenvalue weighted by Crippen LogP contribution is -2.30. The maximum absolute atomic E-state index is 17.4. The summed E-state index contributed by atoms with van der Waals surface area (Å²) in [6.45, 7) is 12.4. The highest BCUT2D eigenvalue weighted by Crippen LogP contribution is 2.61. The van der Waals surface area contributed by atoms with E-state index in [4.69, 9.17) is 9.47 Å². The van der Waals surface area contributed by atoms with Crippen molar-refractivity contribution in [3.63, 3.8) is 0 Å². The van der Waals surface area contributed by atoms with E-state index in [1.54, 1.807) is 24.3 Å². The van der Waals surface area contributed by atoms with E-state index < -0.39 is 10.8 Å². The second kappa shape index (κ2) is 20.3. The van der Waals surface area contributed by atoms with Crippen LogP contribution in [-0.4, -0.2) is 0 Å². The van der Waals surface area contributed by atoms with Crippen LogP contribution in [0, 0.1) is 11.6 Å². The van der Waals surface area contributed by atoms with Gasteiger partial charge in [0.15, 0.2) is 0 Å². The van der Waals surface area contributed by atoms with Crippen LogP contribution in [0.1, 0.15) is 80.6 Å². The van der Waals surface area contributed by atoms with E-state index in [1.807, 2.05) is 109 Å². The van der Waals surface area contributed by atoms with Crippen molar-refractivity contribution in [3.05, 3.63) is 365 Å². The Labute approximate surface area is 500 Å². The summed E-state index contributed by atoms with van der Waals surface area (Å²) in [6.07, 6.45) is 3.61. The molecule has 0 saturated carbocycles. The fraction of sp³-hybridized carbons (Fsp3) is 0.0617. The van der Waals surface area contributed by atoms with E-state index in [0.717, 1.165) is 83.8 Å². The molecule has 2 atom stereocenters. The molecule has 2 unspecified atom stereocenters. The van der Waals surface area contributed by atoms with Gasteiger partial charge in [0.25, 0.3) is 0 Å². The summed E-state index contributed by atoms with van der Waals surface area (Å²) in [5.41, 5.74) is 17.7. The van der Waals surface area contributed by atoms with E-state index in [2.05, 4.69) is 184 Å². The van der Waals surface area contributed by atoms with Gasteiger partial charge in [-0.1, -0.05) is 215 Å². The Hall–Kier alpha value is -10.6. The molecule has 0 N–H and O–H groups in total. The third-order valence-corrected chi connectivity index (χ3v) is 18.2. The number of fused-ring (bicyclic) bond motifs is 9. The summed E-state index contributed by atoms with van der Waals surface area (Å²) < 4.78 is 47.6. The molecule has 12 aromatic rings. The molecule has 12 aromatic carbocycles. The number of rotatable bonds is 13. The van der Waals surface area contributed by atoms with Crippen LogP contribution in [0.25, 0.3) is 45.5 Å². The van der Waals surface area contributed by atoms with Crippen molar-refractivity contribution in [2.24, 2.45) is 0 Å². The zero-order valence-electron chi connectivity index (χ0n) is 47.6. The molecule has 0 spiro atoms. The van der Waals surface area contributed by atoms with Gasteiger partial charge in [-0.3, -0.25) is 0 Å². The number of benzene rings is 12. The van der Waals surface area contributed by atoms with Crippen LogP contribution in [0.4, 0.5) is 25.8 Å². The molecule has 0 radical (unpaired) electrons. The van der Waals surface area contributed by atoms with Gasteiger partial charge >= 0.3 is 0 Å². The standard InChI is InChI=1S/C81H57F2NO2/c1-5-52-27-38-59(39-28-52)85-61-42-31-54(32-43-61)80(72-23-13-15-25-77(72)82)70-21-11-8-18-64(70)67-47-36-57(50-75(67)80)84(56-35-46-66-63-17-7-10-20-69(63)79(3,4)74(66)49-56)58-37-48-68-65-19-9-12-22-71(65)81(76(68)51-58,73-24-14-16-26-78(73)83)55-33-44-62(45-34-55)86-60-40-29-53(6-2)30-41-60/h5-51H,1-2H2,3-4H3. The summed E-state index contributed by atoms with van der Waals surface area (Å²) in [5.74, 6) is 2.07. The van der Waals surface area contributed by atoms with E-state index in [-0.39, 0.29) is 17.0 Å². The van der Waals surface area contributed by atoms with Crippen LogP contribution in [0.15, 0.2) is 286 Å². The zero-order chi connectivity index (χ0) is 58.3. The van der Waals surface area contributed by atoms with Crippen molar-refractivity contribution < 1.29 is 18.3 Å². The Morgan fingerprint density at radius 3 is 1.00 bits per heavy atom. The highest BCUT2D eigenvalue weighted by atomic mass is 19.1. The average molecular weight is 1110 g/mol. The summed E-state index contributed by atoms with van der Waals surface area (Å²) in [4.78, 5) is 2.34. The van der Waals surface area contributed by atoms with E-state index in [1.165, 1.54) is 22.3 Å². The van der Waals surface area contributed by atoms with Gasteiger partial charge < -0.3 is 14.4 Å². The summed E-state index contributed by atoms with van der Waals surface area (Å²) in [5, 5.41) is 0. The van der Waals surface area contributed by atoms with Crippen LogP contribution >= 0.6 is 0 Å².